The second-order valence-corrected chi connectivity index (χ2v) is 9.19. The van der Waals surface area contributed by atoms with E-state index in [0.717, 1.165) is 36.3 Å². The molecule has 0 N–H and O–H groups in total. The van der Waals surface area contributed by atoms with Crippen molar-refractivity contribution >= 4 is 54.9 Å². The molecule has 0 spiro atoms. The minimum absolute atomic E-state index is 0.0172. The van der Waals surface area contributed by atoms with E-state index in [0.29, 0.717) is 12.3 Å². The van der Waals surface area contributed by atoms with Crippen LogP contribution in [0.15, 0.2) is 46.9 Å². The molecular formula is C19H17N3OS3. The summed E-state index contributed by atoms with van der Waals surface area (Å²) in [5.74, 6) is 0.692. The van der Waals surface area contributed by atoms with Gasteiger partial charge in [0.25, 0.3) is 5.56 Å². The zero-order chi connectivity index (χ0) is 18.3. The number of fused-ring (bicyclic) bond motifs is 2. The lowest BCUT2D eigenvalue weighted by atomic mass is 10.2. The summed E-state index contributed by atoms with van der Waals surface area (Å²) in [6.07, 6.45) is 1.74. The quantitative estimate of drug-likeness (QED) is 0.264. The molecule has 3 aromatic heterocycles. The number of para-hydroxylation sites is 1. The summed E-state index contributed by atoms with van der Waals surface area (Å²) in [6, 6.07) is 8.12. The SMILES string of the molecule is C=CCn1c(SCc2nc3ccccc3s2)nc2sc(C)c(C)c2c1=O. The standard InChI is InChI=1S/C19H17N3OS3/c1-4-9-22-18(23)16-11(2)12(3)25-17(16)21-19(22)24-10-15-20-13-7-5-6-8-14(13)26-15/h4-8H,1,9-10H2,2-3H3. The summed E-state index contributed by atoms with van der Waals surface area (Å²) in [4.78, 5) is 24.4. The van der Waals surface area contributed by atoms with Gasteiger partial charge in [0.15, 0.2) is 5.16 Å². The van der Waals surface area contributed by atoms with Gasteiger partial charge in [0.1, 0.15) is 9.84 Å². The number of thiophene rings is 1. The molecule has 1 aromatic carbocycles. The van der Waals surface area contributed by atoms with E-state index >= 15 is 0 Å². The maximum atomic E-state index is 13.0. The summed E-state index contributed by atoms with van der Waals surface area (Å²) in [6.45, 7) is 8.27. The number of nitrogens with zero attached hydrogens (tertiary/aromatic N) is 3. The van der Waals surface area contributed by atoms with Gasteiger partial charge in [-0.15, -0.1) is 29.3 Å². The van der Waals surface area contributed by atoms with Crippen LogP contribution in [0.4, 0.5) is 0 Å². The molecular weight excluding hydrogens is 382 g/mol. The third kappa shape index (κ3) is 3.00. The Balaban J connectivity index is 1.73. The molecule has 0 atom stereocenters. The first-order valence-electron chi connectivity index (χ1n) is 8.17. The monoisotopic (exact) mass is 399 g/mol. The minimum Gasteiger partial charge on any atom is -0.283 e. The van der Waals surface area contributed by atoms with Crippen molar-refractivity contribution in [2.24, 2.45) is 0 Å². The molecule has 4 nitrogen and oxygen atoms in total. The molecule has 0 aliphatic heterocycles. The summed E-state index contributed by atoms with van der Waals surface area (Å²) < 4.78 is 2.89. The van der Waals surface area contributed by atoms with Crippen LogP contribution in [-0.4, -0.2) is 14.5 Å². The maximum absolute atomic E-state index is 13.0. The van der Waals surface area contributed by atoms with Gasteiger partial charge in [0, 0.05) is 11.4 Å². The Morgan fingerprint density at radius 3 is 2.81 bits per heavy atom. The highest BCUT2D eigenvalue weighted by Crippen LogP contribution is 2.31. The molecule has 0 aliphatic carbocycles. The Morgan fingerprint density at radius 1 is 1.23 bits per heavy atom. The van der Waals surface area contributed by atoms with Crippen molar-refractivity contribution in [2.45, 2.75) is 31.3 Å². The van der Waals surface area contributed by atoms with E-state index in [1.165, 1.54) is 4.70 Å². The topological polar surface area (TPSA) is 47.8 Å². The lowest BCUT2D eigenvalue weighted by Gasteiger charge is -2.09. The van der Waals surface area contributed by atoms with E-state index in [4.69, 9.17) is 4.98 Å². The van der Waals surface area contributed by atoms with Crippen LogP contribution in [0.1, 0.15) is 15.4 Å². The number of allylic oxidation sites excluding steroid dienone is 1. The van der Waals surface area contributed by atoms with Gasteiger partial charge in [0.05, 0.1) is 21.4 Å². The first kappa shape index (κ1) is 17.5. The van der Waals surface area contributed by atoms with Crippen molar-refractivity contribution in [2.75, 3.05) is 0 Å². The Kier molecular flexibility index (Phi) is 4.69. The second-order valence-electron chi connectivity index (χ2n) is 5.93. The van der Waals surface area contributed by atoms with E-state index < -0.39 is 0 Å². The number of rotatable bonds is 5. The molecule has 0 saturated heterocycles. The van der Waals surface area contributed by atoms with Gasteiger partial charge in [-0.1, -0.05) is 30.0 Å². The number of benzene rings is 1. The first-order valence-corrected chi connectivity index (χ1v) is 10.8. The predicted octanol–water partition coefficient (Wildman–Crippen LogP) is 5.16. The fraction of sp³-hybridized carbons (Fsp3) is 0.211. The zero-order valence-corrected chi connectivity index (χ0v) is 16.9. The van der Waals surface area contributed by atoms with Gasteiger partial charge in [-0.05, 0) is 31.5 Å². The normalized spacial score (nSPS) is 11.5. The van der Waals surface area contributed by atoms with Crippen LogP contribution in [0.5, 0.6) is 0 Å². The van der Waals surface area contributed by atoms with Crippen molar-refractivity contribution in [1.82, 2.24) is 14.5 Å². The van der Waals surface area contributed by atoms with Crippen molar-refractivity contribution in [3.63, 3.8) is 0 Å². The van der Waals surface area contributed by atoms with Gasteiger partial charge in [-0.3, -0.25) is 9.36 Å². The van der Waals surface area contributed by atoms with Crippen LogP contribution in [0.3, 0.4) is 0 Å². The molecule has 4 aromatic rings. The minimum atomic E-state index is 0.0172. The number of thiazole rings is 1. The van der Waals surface area contributed by atoms with Gasteiger partial charge < -0.3 is 0 Å². The second kappa shape index (κ2) is 6.98. The number of aromatic nitrogens is 3. The van der Waals surface area contributed by atoms with E-state index in [1.807, 2.05) is 32.0 Å². The van der Waals surface area contributed by atoms with Crippen LogP contribution < -0.4 is 5.56 Å². The fourth-order valence-electron chi connectivity index (χ4n) is 2.82. The first-order chi connectivity index (χ1) is 12.6. The summed E-state index contributed by atoms with van der Waals surface area (Å²) in [5, 5.41) is 2.50. The largest absolute Gasteiger partial charge is 0.283 e. The van der Waals surface area contributed by atoms with E-state index in [1.54, 1.807) is 45.1 Å². The highest BCUT2D eigenvalue weighted by molar-refractivity contribution is 7.98. The van der Waals surface area contributed by atoms with Crippen molar-refractivity contribution in [1.29, 1.82) is 0 Å². The molecule has 0 unspecified atom stereocenters. The average molecular weight is 400 g/mol. The Labute approximate surface area is 163 Å². The van der Waals surface area contributed by atoms with Gasteiger partial charge >= 0.3 is 0 Å². The lowest BCUT2D eigenvalue weighted by molar-refractivity contribution is 0.672. The van der Waals surface area contributed by atoms with Crippen LogP contribution in [0, 0.1) is 13.8 Å². The van der Waals surface area contributed by atoms with Gasteiger partial charge in [0.2, 0.25) is 0 Å². The summed E-state index contributed by atoms with van der Waals surface area (Å²) >= 11 is 4.83. The maximum Gasteiger partial charge on any atom is 0.263 e. The average Bonchev–Trinajstić information content (AvgIpc) is 3.17. The van der Waals surface area contributed by atoms with Crippen LogP contribution in [-0.2, 0) is 12.3 Å². The molecule has 4 rings (SSSR count). The van der Waals surface area contributed by atoms with E-state index in [-0.39, 0.29) is 5.56 Å². The highest BCUT2D eigenvalue weighted by Gasteiger charge is 2.16. The number of thioether (sulfide) groups is 1. The van der Waals surface area contributed by atoms with E-state index in [2.05, 4.69) is 17.6 Å². The van der Waals surface area contributed by atoms with Gasteiger partial charge in [-0.25, -0.2) is 9.97 Å². The summed E-state index contributed by atoms with van der Waals surface area (Å²) in [5.41, 5.74) is 2.07. The molecule has 0 aliphatic rings. The molecule has 0 fully saturated rings. The molecule has 0 bridgehead atoms. The van der Waals surface area contributed by atoms with Crippen molar-refractivity contribution in [3.8, 4) is 0 Å². The molecule has 0 amide bonds. The third-order valence-corrected chi connectivity index (χ3v) is 7.54. The Hall–Kier alpha value is -1.96. The molecule has 0 radical (unpaired) electrons. The molecule has 3 heterocycles. The molecule has 26 heavy (non-hydrogen) atoms. The lowest BCUT2D eigenvalue weighted by Crippen LogP contribution is -2.22. The third-order valence-electron chi connectivity index (χ3n) is 4.23. The van der Waals surface area contributed by atoms with Crippen molar-refractivity contribution in [3.05, 3.63) is 62.7 Å². The van der Waals surface area contributed by atoms with Crippen LogP contribution in [0.25, 0.3) is 20.4 Å². The van der Waals surface area contributed by atoms with E-state index in [9.17, 15) is 4.79 Å². The van der Waals surface area contributed by atoms with Crippen LogP contribution in [0.2, 0.25) is 0 Å². The number of hydrogen-bond donors (Lipinski definition) is 0. The smallest absolute Gasteiger partial charge is 0.263 e. The summed E-state index contributed by atoms with van der Waals surface area (Å²) in [7, 11) is 0. The highest BCUT2D eigenvalue weighted by atomic mass is 32.2. The van der Waals surface area contributed by atoms with Crippen molar-refractivity contribution < 1.29 is 0 Å². The number of aryl methyl sites for hydroxylation is 2. The fourth-order valence-corrected chi connectivity index (χ4v) is 5.86. The molecule has 7 heteroatoms. The molecule has 132 valence electrons. The number of hydrogen-bond acceptors (Lipinski definition) is 6. The van der Waals surface area contributed by atoms with Crippen LogP contribution >= 0.6 is 34.4 Å². The van der Waals surface area contributed by atoms with Gasteiger partial charge in [-0.2, -0.15) is 0 Å². The molecule has 0 saturated carbocycles. The Bertz CT molecular complexity index is 1150. The predicted molar refractivity (Wildman–Crippen MR) is 113 cm³/mol. The zero-order valence-electron chi connectivity index (χ0n) is 14.5. The Morgan fingerprint density at radius 2 is 2.04 bits per heavy atom.